The molecule has 2 saturated heterocycles. The quantitative estimate of drug-likeness (QED) is 0.508. The van der Waals surface area contributed by atoms with Crippen molar-refractivity contribution in [2.24, 2.45) is 11.7 Å². The van der Waals surface area contributed by atoms with Crippen molar-refractivity contribution in [2.75, 3.05) is 13.2 Å². The maximum atomic E-state index is 5.73. The van der Waals surface area contributed by atoms with Crippen molar-refractivity contribution in [2.45, 2.75) is 25.2 Å². The molecule has 3 nitrogen and oxygen atoms in total. The summed E-state index contributed by atoms with van der Waals surface area (Å²) < 4.78 is 10.9. The molecule has 0 aromatic heterocycles. The van der Waals surface area contributed by atoms with Crippen LogP contribution >= 0.6 is 0 Å². The number of hydrogen-bond acceptors (Lipinski definition) is 3. The van der Waals surface area contributed by atoms with Gasteiger partial charge in [0.15, 0.2) is 0 Å². The van der Waals surface area contributed by atoms with E-state index in [4.69, 9.17) is 15.2 Å². The third-order valence-corrected chi connectivity index (χ3v) is 2.34. The molecule has 2 aliphatic heterocycles. The molecule has 10 heavy (non-hydrogen) atoms. The average Bonchev–Trinajstić information content (AvgIpc) is 2.41. The third kappa shape index (κ3) is 0.779. The summed E-state index contributed by atoms with van der Waals surface area (Å²) in [6.45, 7) is 3.62. The lowest BCUT2D eigenvalue weighted by Gasteiger charge is -2.10. The second kappa shape index (κ2) is 2.19. The van der Waals surface area contributed by atoms with Crippen molar-refractivity contribution in [3.05, 3.63) is 0 Å². The standard InChI is InChI=1S/C7H13NO2/c1-4-2-9-7-5(8)3-10-6(4)7/h4-7H,2-3,8H2,1H3/t4-,5-,6+,7?/m0/s1. The van der Waals surface area contributed by atoms with Crippen LogP contribution in [0.5, 0.6) is 0 Å². The van der Waals surface area contributed by atoms with Crippen molar-refractivity contribution < 1.29 is 9.47 Å². The van der Waals surface area contributed by atoms with E-state index in [1.165, 1.54) is 0 Å². The van der Waals surface area contributed by atoms with Gasteiger partial charge in [0.05, 0.1) is 25.4 Å². The fourth-order valence-corrected chi connectivity index (χ4v) is 1.72. The lowest BCUT2D eigenvalue weighted by molar-refractivity contribution is 0.0650. The average molecular weight is 143 g/mol. The zero-order chi connectivity index (χ0) is 7.14. The van der Waals surface area contributed by atoms with Crippen LogP contribution in [-0.2, 0) is 9.47 Å². The van der Waals surface area contributed by atoms with Crippen LogP contribution in [0.1, 0.15) is 6.92 Å². The number of hydrogen-bond donors (Lipinski definition) is 1. The number of rotatable bonds is 0. The molecule has 3 heteroatoms. The molecule has 2 heterocycles. The van der Waals surface area contributed by atoms with Gasteiger partial charge in [-0.1, -0.05) is 6.92 Å². The van der Waals surface area contributed by atoms with Gasteiger partial charge in [0, 0.05) is 5.92 Å². The Bertz CT molecular complexity index is 124. The van der Waals surface area contributed by atoms with Crippen LogP contribution in [0, 0.1) is 5.92 Å². The highest BCUT2D eigenvalue weighted by atomic mass is 16.6. The highest BCUT2D eigenvalue weighted by Gasteiger charge is 2.43. The van der Waals surface area contributed by atoms with Crippen LogP contribution in [0.4, 0.5) is 0 Å². The topological polar surface area (TPSA) is 44.5 Å². The van der Waals surface area contributed by atoms with E-state index < -0.39 is 0 Å². The van der Waals surface area contributed by atoms with E-state index in [2.05, 4.69) is 6.92 Å². The van der Waals surface area contributed by atoms with Crippen molar-refractivity contribution in [1.82, 2.24) is 0 Å². The van der Waals surface area contributed by atoms with Crippen molar-refractivity contribution in [3.8, 4) is 0 Å². The minimum atomic E-state index is 0.106. The zero-order valence-corrected chi connectivity index (χ0v) is 6.12. The predicted molar refractivity (Wildman–Crippen MR) is 36.6 cm³/mol. The van der Waals surface area contributed by atoms with Crippen molar-refractivity contribution >= 4 is 0 Å². The van der Waals surface area contributed by atoms with Gasteiger partial charge in [-0.15, -0.1) is 0 Å². The van der Waals surface area contributed by atoms with Crippen LogP contribution in [0.2, 0.25) is 0 Å². The van der Waals surface area contributed by atoms with E-state index in [9.17, 15) is 0 Å². The SMILES string of the molecule is C[C@H]1COC2[C@@H](N)CO[C@@H]21. The number of ether oxygens (including phenoxy) is 2. The molecule has 2 rings (SSSR count). The molecule has 0 saturated carbocycles. The summed E-state index contributed by atoms with van der Waals surface area (Å²) in [4.78, 5) is 0. The van der Waals surface area contributed by atoms with E-state index in [1.54, 1.807) is 0 Å². The molecule has 0 spiro atoms. The second-order valence-electron chi connectivity index (χ2n) is 3.24. The maximum Gasteiger partial charge on any atom is 0.101 e. The molecule has 1 unspecified atom stereocenters. The van der Waals surface area contributed by atoms with E-state index in [0.29, 0.717) is 12.5 Å². The van der Waals surface area contributed by atoms with Gasteiger partial charge < -0.3 is 15.2 Å². The summed E-state index contributed by atoms with van der Waals surface area (Å²) in [5, 5.41) is 0. The Balaban J connectivity index is 2.09. The molecule has 2 fully saturated rings. The van der Waals surface area contributed by atoms with E-state index >= 15 is 0 Å². The first-order valence-electron chi connectivity index (χ1n) is 3.78. The normalized spacial score (nSPS) is 53.4. The maximum absolute atomic E-state index is 5.73. The fraction of sp³-hybridized carbons (Fsp3) is 1.00. The third-order valence-electron chi connectivity index (χ3n) is 2.34. The summed E-state index contributed by atoms with van der Waals surface area (Å²) in [7, 11) is 0. The Kier molecular flexibility index (Phi) is 1.44. The lowest BCUT2D eigenvalue weighted by Crippen LogP contribution is -2.35. The second-order valence-corrected chi connectivity index (χ2v) is 3.24. The van der Waals surface area contributed by atoms with Crippen LogP contribution in [0.25, 0.3) is 0 Å². The van der Waals surface area contributed by atoms with E-state index in [1.807, 2.05) is 0 Å². The molecule has 0 bridgehead atoms. The first-order chi connectivity index (χ1) is 4.79. The molecule has 4 atom stereocenters. The highest BCUT2D eigenvalue weighted by molar-refractivity contribution is 4.94. The molecule has 2 aliphatic rings. The fourth-order valence-electron chi connectivity index (χ4n) is 1.72. The molecule has 0 aliphatic carbocycles. The Morgan fingerprint density at radius 3 is 2.60 bits per heavy atom. The molecule has 2 N–H and O–H groups in total. The predicted octanol–water partition coefficient (Wildman–Crippen LogP) is -0.253. The van der Waals surface area contributed by atoms with Gasteiger partial charge in [-0.05, 0) is 0 Å². The van der Waals surface area contributed by atoms with E-state index in [-0.39, 0.29) is 18.2 Å². The highest BCUT2D eigenvalue weighted by Crippen LogP contribution is 2.29. The van der Waals surface area contributed by atoms with Crippen molar-refractivity contribution in [3.63, 3.8) is 0 Å². The van der Waals surface area contributed by atoms with Gasteiger partial charge in [-0.3, -0.25) is 0 Å². The van der Waals surface area contributed by atoms with Gasteiger partial charge in [-0.2, -0.15) is 0 Å². The Labute approximate surface area is 60.5 Å². The lowest BCUT2D eigenvalue weighted by atomic mass is 10.0. The van der Waals surface area contributed by atoms with Gasteiger partial charge in [0.1, 0.15) is 6.10 Å². The molecule has 0 amide bonds. The van der Waals surface area contributed by atoms with Crippen LogP contribution < -0.4 is 5.73 Å². The Morgan fingerprint density at radius 2 is 1.90 bits per heavy atom. The summed E-state index contributed by atoms with van der Waals surface area (Å²) in [5.41, 5.74) is 5.73. The van der Waals surface area contributed by atoms with Gasteiger partial charge in [-0.25, -0.2) is 0 Å². The smallest absolute Gasteiger partial charge is 0.101 e. The zero-order valence-electron chi connectivity index (χ0n) is 6.12. The molecule has 0 radical (unpaired) electrons. The largest absolute Gasteiger partial charge is 0.373 e. The number of nitrogens with two attached hydrogens (primary N) is 1. The minimum Gasteiger partial charge on any atom is -0.373 e. The first kappa shape index (κ1) is 6.58. The molecular weight excluding hydrogens is 130 g/mol. The Hall–Kier alpha value is -0.120. The summed E-state index contributed by atoms with van der Waals surface area (Å²) in [6, 6.07) is 0.106. The van der Waals surface area contributed by atoms with E-state index in [0.717, 1.165) is 6.61 Å². The molecule has 0 aromatic rings. The monoisotopic (exact) mass is 143 g/mol. The van der Waals surface area contributed by atoms with Gasteiger partial charge in [0.25, 0.3) is 0 Å². The summed E-state index contributed by atoms with van der Waals surface area (Å²) in [5.74, 6) is 0.526. The summed E-state index contributed by atoms with van der Waals surface area (Å²) in [6.07, 6.45) is 0.449. The molecule has 58 valence electrons. The molecule has 0 aromatic carbocycles. The Morgan fingerprint density at radius 1 is 1.20 bits per heavy atom. The van der Waals surface area contributed by atoms with Gasteiger partial charge >= 0.3 is 0 Å². The van der Waals surface area contributed by atoms with Crippen LogP contribution in [0.15, 0.2) is 0 Å². The number of fused-ring (bicyclic) bond motifs is 1. The minimum absolute atomic E-state index is 0.106. The molecular formula is C7H13NO2. The van der Waals surface area contributed by atoms with Crippen molar-refractivity contribution in [1.29, 1.82) is 0 Å². The van der Waals surface area contributed by atoms with Crippen LogP contribution in [0.3, 0.4) is 0 Å². The van der Waals surface area contributed by atoms with Gasteiger partial charge in [0.2, 0.25) is 0 Å². The first-order valence-corrected chi connectivity index (χ1v) is 3.78. The van der Waals surface area contributed by atoms with Crippen LogP contribution in [-0.4, -0.2) is 31.5 Å². The summed E-state index contributed by atoms with van der Waals surface area (Å²) >= 11 is 0.